The molecule has 2 aliphatic rings. The lowest BCUT2D eigenvalue weighted by Crippen LogP contribution is -2.32. The summed E-state index contributed by atoms with van der Waals surface area (Å²) in [6, 6.07) is 6.98. The van der Waals surface area contributed by atoms with Crippen molar-refractivity contribution in [3.05, 3.63) is 65.5 Å². The Morgan fingerprint density at radius 3 is 2.81 bits per heavy atom. The molecule has 0 spiro atoms. The van der Waals surface area contributed by atoms with Crippen LogP contribution >= 0.6 is 11.6 Å². The largest absolute Gasteiger partial charge is 0.497 e. The third-order valence-corrected chi connectivity index (χ3v) is 5.69. The zero-order valence-electron chi connectivity index (χ0n) is 17.5. The number of hydrogen-bond acceptors (Lipinski definition) is 6. The number of carbonyl (C=O) groups is 1. The standard InChI is InChI=1S/C23H25ClN4O3/c1-30-18-7-8-20-19(14-18)23(29)28(21(24)16-31-20)13-3-2-11-27-12-4-6-17(15-27)22-25-9-5-10-26-22/h5-10,14,16H,2-4,11-13,15H2,1H3. The molecule has 0 saturated heterocycles. The van der Waals surface area contributed by atoms with Gasteiger partial charge in [0.15, 0.2) is 5.82 Å². The molecule has 0 bridgehead atoms. The minimum atomic E-state index is -0.183. The number of methoxy groups -OCH3 is 1. The topological polar surface area (TPSA) is 67.8 Å². The number of nitrogens with zero attached hydrogens (tertiary/aromatic N) is 4. The molecule has 0 radical (unpaired) electrons. The van der Waals surface area contributed by atoms with E-state index >= 15 is 0 Å². The monoisotopic (exact) mass is 440 g/mol. The van der Waals surface area contributed by atoms with Gasteiger partial charge >= 0.3 is 0 Å². The Labute approximate surface area is 186 Å². The number of amides is 1. The molecular weight excluding hydrogens is 416 g/mol. The Balaban J connectivity index is 1.32. The van der Waals surface area contributed by atoms with E-state index in [0.29, 0.717) is 23.6 Å². The van der Waals surface area contributed by atoms with Gasteiger partial charge in [0.05, 0.1) is 12.7 Å². The van der Waals surface area contributed by atoms with Crippen molar-refractivity contribution in [2.24, 2.45) is 0 Å². The fraction of sp³-hybridized carbons (Fsp3) is 0.348. The fourth-order valence-corrected chi connectivity index (χ4v) is 3.97. The highest BCUT2D eigenvalue weighted by Crippen LogP contribution is 2.30. The van der Waals surface area contributed by atoms with Crippen LogP contribution in [0, 0.1) is 0 Å². The molecule has 162 valence electrons. The number of benzene rings is 1. The highest BCUT2D eigenvalue weighted by molar-refractivity contribution is 6.30. The molecule has 31 heavy (non-hydrogen) atoms. The molecule has 1 amide bonds. The van der Waals surface area contributed by atoms with Crippen molar-refractivity contribution in [2.45, 2.75) is 19.3 Å². The molecule has 3 heterocycles. The quantitative estimate of drug-likeness (QED) is 0.480. The first kappa shape index (κ1) is 21.3. The second kappa shape index (κ2) is 9.94. The normalized spacial score (nSPS) is 16.7. The van der Waals surface area contributed by atoms with E-state index in [2.05, 4.69) is 20.9 Å². The zero-order chi connectivity index (χ0) is 21.6. The number of unbranched alkanes of at least 4 members (excludes halogenated alkanes) is 1. The van der Waals surface area contributed by atoms with Crippen LogP contribution in [-0.4, -0.2) is 59.0 Å². The summed E-state index contributed by atoms with van der Waals surface area (Å²) in [5.41, 5.74) is 1.61. The van der Waals surface area contributed by atoms with E-state index in [-0.39, 0.29) is 11.1 Å². The van der Waals surface area contributed by atoms with Gasteiger partial charge in [-0.05, 0) is 50.1 Å². The molecular formula is C23H25ClN4O3. The third-order valence-electron chi connectivity index (χ3n) is 5.39. The van der Waals surface area contributed by atoms with E-state index in [4.69, 9.17) is 21.1 Å². The SMILES string of the molecule is COc1ccc2c(c1)C(=O)N(CCCCN1CCC=C(c3ncccn3)C1)C(Cl)=CO2. The van der Waals surface area contributed by atoms with Crippen LogP contribution in [-0.2, 0) is 0 Å². The molecule has 0 unspecified atom stereocenters. The predicted molar refractivity (Wildman–Crippen MR) is 119 cm³/mol. The van der Waals surface area contributed by atoms with Crippen LogP contribution in [0.4, 0.5) is 0 Å². The van der Waals surface area contributed by atoms with Gasteiger partial charge in [-0.1, -0.05) is 17.7 Å². The van der Waals surface area contributed by atoms with Crippen LogP contribution in [0.2, 0.25) is 0 Å². The summed E-state index contributed by atoms with van der Waals surface area (Å²) in [6.07, 6.45) is 9.94. The Morgan fingerprint density at radius 2 is 2.00 bits per heavy atom. The van der Waals surface area contributed by atoms with Crippen molar-refractivity contribution in [1.82, 2.24) is 19.8 Å². The predicted octanol–water partition coefficient (Wildman–Crippen LogP) is 3.93. The number of aromatic nitrogens is 2. The Bertz CT molecular complexity index is 994. The summed E-state index contributed by atoms with van der Waals surface area (Å²) >= 11 is 6.34. The number of fused-ring (bicyclic) bond motifs is 1. The number of hydrogen-bond donors (Lipinski definition) is 0. The minimum absolute atomic E-state index is 0.183. The van der Waals surface area contributed by atoms with E-state index in [1.54, 1.807) is 42.6 Å². The van der Waals surface area contributed by atoms with Gasteiger partial charge in [-0.3, -0.25) is 14.6 Å². The fourth-order valence-electron chi connectivity index (χ4n) is 3.76. The maximum Gasteiger partial charge on any atom is 0.262 e. The van der Waals surface area contributed by atoms with E-state index in [1.165, 1.54) is 11.8 Å². The molecule has 1 aromatic heterocycles. The molecule has 4 rings (SSSR count). The van der Waals surface area contributed by atoms with Gasteiger partial charge in [0.1, 0.15) is 22.9 Å². The maximum absolute atomic E-state index is 13.0. The second-order valence-electron chi connectivity index (χ2n) is 7.45. The molecule has 1 aromatic carbocycles. The van der Waals surface area contributed by atoms with Gasteiger partial charge in [0.2, 0.25) is 0 Å². The summed E-state index contributed by atoms with van der Waals surface area (Å²) in [5.74, 6) is 1.69. The van der Waals surface area contributed by atoms with E-state index in [9.17, 15) is 4.79 Å². The summed E-state index contributed by atoms with van der Waals surface area (Å²) in [4.78, 5) is 25.7. The lowest BCUT2D eigenvalue weighted by atomic mass is 10.1. The van der Waals surface area contributed by atoms with Crippen LogP contribution < -0.4 is 9.47 Å². The van der Waals surface area contributed by atoms with E-state index in [1.807, 2.05) is 6.07 Å². The zero-order valence-corrected chi connectivity index (χ0v) is 18.2. The second-order valence-corrected chi connectivity index (χ2v) is 7.84. The number of rotatable bonds is 7. The summed E-state index contributed by atoms with van der Waals surface area (Å²) in [6.45, 7) is 3.32. The summed E-state index contributed by atoms with van der Waals surface area (Å²) in [7, 11) is 1.57. The first-order chi connectivity index (χ1) is 15.2. The Kier molecular flexibility index (Phi) is 6.84. The average Bonchev–Trinajstić information content (AvgIpc) is 2.93. The Hall–Kier alpha value is -2.90. The van der Waals surface area contributed by atoms with Crippen LogP contribution in [0.1, 0.15) is 35.4 Å². The van der Waals surface area contributed by atoms with Crippen LogP contribution in [0.3, 0.4) is 0 Å². The van der Waals surface area contributed by atoms with Crippen molar-refractivity contribution in [2.75, 3.05) is 33.3 Å². The van der Waals surface area contributed by atoms with Gasteiger partial charge in [0, 0.05) is 37.6 Å². The van der Waals surface area contributed by atoms with Gasteiger partial charge in [-0.15, -0.1) is 0 Å². The summed E-state index contributed by atoms with van der Waals surface area (Å²) < 4.78 is 10.8. The van der Waals surface area contributed by atoms with Crippen LogP contribution in [0.25, 0.3) is 5.57 Å². The third kappa shape index (κ3) is 5.06. The Morgan fingerprint density at radius 1 is 1.19 bits per heavy atom. The highest BCUT2D eigenvalue weighted by atomic mass is 35.5. The van der Waals surface area contributed by atoms with Crippen LogP contribution in [0.15, 0.2) is 54.2 Å². The van der Waals surface area contributed by atoms with E-state index < -0.39 is 0 Å². The average molecular weight is 441 g/mol. The lowest BCUT2D eigenvalue weighted by molar-refractivity contribution is 0.0814. The first-order valence-electron chi connectivity index (χ1n) is 10.4. The van der Waals surface area contributed by atoms with Crippen molar-refractivity contribution >= 4 is 23.1 Å². The van der Waals surface area contributed by atoms with Crippen LogP contribution in [0.5, 0.6) is 11.5 Å². The maximum atomic E-state index is 13.0. The summed E-state index contributed by atoms with van der Waals surface area (Å²) in [5, 5.41) is 0.282. The van der Waals surface area contributed by atoms with Crippen molar-refractivity contribution in [1.29, 1.82) is 0 Å². The van der Waals surface area contributed by atoms with Gasteiger partial charge in [-0.25, -0.2) is 9.97 Å². The smallest absolute Gasteiger partial charge is 0.262 e. The molecule has 8 heteroatoms. The molecule has 0 aliphatic carbocycles. The molecule has 0 N–H and O–H groups in total. The number of ether oxygens (including phenoxy) is 2. The van der Waals surface area contributed by atoms with Crippen molar-refractivity contribution < 1.29 is 14.3 Å². The lowest BCUT2D eigenvalue weighted by Gasteiger charge is -2.27. The number of carbonyl (C=O) groups excluding carboxylic acids is 1. The van der Waals surface area contributed by atoms with E-state index in [0.717, 1.165) is 44.7 Å². The minimum Gasteiger partial charge on any atom is -0.497 e. The number of halogens is 1. The molecule has 7 nitrogen and oxygen atoms in total. The first-order valence-corrected chi connectivity index (χ1v) is 10.7. The van der Waals surface area contributed by atoms with Crippen molar-refractivity contribution in [3.63, 3.8) is 0 Å². The highest BCUT2D eigenvalue weighted by Gasteiger charge is 2.26. The van der Waals surface area contributed by atoms with Gasteiger partial charge in [-0.2, -0.15) is 0 Å². The van der Waals surface area contributed by atoms with Gasteiger partial charge < -0.3 is 9.47 Å². The molecule has 2 aromatic rings. The molecule has 0 saturated carbocycles. The molecule has 0 atom stereocenters. The molecule has 2 aliphatic heterocycles. The van der Waals surface area contributed by atoms with Crippen molar-refractivity contribution in [3.8, 4) is 11.5 Å². The molecule has 0 fully saturated rings. The van der Waals surface area contributed by atoms with Gasteiger partial charge in [0.25, 0.3) is 5.91 Å².